The number of ether oxygens (including phenoxy) is 1. The molecule has 1 heterocycles. The molecule has 3 rings (SSSR count). The van der Waals surface area contributed by atoms with Gasteiger partial charge in [-0.05, 0) is 37.3 Å². The first-order valence-electron chi connectivity index (χ1n) is 7.85. The van der Waals surface area contributed by atoms with Crippen molar-refractivity contribution in [2.45, 2.75) is 6.92 Å². The molecule has 1 amide bonds. The van der Waals surface area contributed by atoms with Gasteiger partial charge in [-0.15, -0.1) is 0 Å². The van der Waals surface area contributed by atoms with Crippen molar-refractivity contribution in [3.05, 3.63) is 74.9 Å². The first-order valence-corrected chi connectivity index (χ1v) is 8.23. The molecule has 0 bridgehead atoms. The van der Waals surface area contributed by atoms with E-state index < -0.39 is 10.8 Å². The van der Waals surface area contributed by atoms with Crippen LogP contribution in [-0.2, 0) is 0 Å². The molecule has 0 atom stereocenters. The molecule has 0 saturated carbocycles. The Morgan fingerprint density at radius 3 is 2.56 bits per heavy atom. The number of carbonyl (C=O) groups excluding carboxylic acids is 1. The van der Waals surface area contributed by atoms with Gasteiger partial charge in [0.05, 0.1) is 29.0 Å². The van der Waals surface area contributed by atoms with Crippen LogP contribution >= 0.6 is 11.6 Å². The third-order valence-corrected chi connectivity index (χ3v) is 4.02. The number of nitrogens with one attached hydrogen (secondary N) is 1. The summed E-state index contributed by atoms with van der Waals surface area (Å²) < 4.78 is 6.70. The topological polar surface area (TPSA) is 99.3 Å². The molecule has 138 valence electrons. The minimum absolute atomic E-state index is 0.0307. The minimum Gasteiger partial charge on any atom is -0.496 e. The van der Waals surface area contributed by atoms with Crippen molar-refractivity contribution in [1.82, 2.24) is 9.78 Å². The fourth-order valence-electron chi connectivity index (χ4n) is 2.54. The number of amides is 1. The summed E-state index contributed by atoms with van der Waals surface area (Å²) in [6.07, 6.45) is 0. The van der Waals surface area contributed by atoms with Crippen LogP contribution in [0.5, 0.6) is 5.75 Å². The van der Waals surface area contributed by atoms with Gasteiger partial charge in [0.1, 0.15) is 11.6 Å². The number of hydrogen-bond donors (Lipinski definition) is 1. The molecule has 1 aromatic heterocycles. The third-order valence-electron chi connectivity index (χ3n) is 3.78. The number of aromatic nitrogens is 2. The van der Waals surface area contributed by atoms with E-state index in [1.54, 1.807) is 37.3 Å². The highest BCUT2D eigenvalue weighted by atomic mass is 35.5. The van der Waals surface area contributed by atoms with Gasteiger partial charge in [0.25, 0.3) is 11.6 Å². The van der Waals surface area contributed by atoms with Crippen molar-refractivity contribution in [2.24, 2.45) is 0 Å². The van der Waals surface area contributed by atoms with Gasteiger partial charge in [-0.2, -0.15) is 5.10 Å². The number of hydrogen-bond acceptors (Lipinski definition) is 5. The van der Waals surface area contributed by atoms with Crippen LogP contribution in [0.2, 0.25) is 5.02 Å². The number of nitro benzene ring substituents is 1. The number of halogens is 1. The van der Waals surface area contributed by atoms with Crippen molar-refractivity contribution < 1.29 is 14.5 Å². The number of carbonyl (C=O) groups is 1. The maximum atomic E-state index is 12.7. The molecule has 1 N–H and O–H groups in total. The van der Waals surface area contributed by atoms with E-state index >= 15 is 0 Å². The summed E-state index contributed by atoms with van der Waals surface area (Å²) in [7, 11) is 1.46. The Balaban J connectivity index is 1.94. The second-order valence-electron chi connectivity index (χ2n) is 5.65. The molecule has 0 aliphatic rings. The molecule has 0 radical (unpaired) electrons. The summed E-state index contributed by atoms with van der Waals surface area (Å²) in [6, 6.07) is 12.3. The molecule has 3 aromatic rings. The van der Waals surface area contributed by atoms with Gasteiger partial charge in [0, 0.05) is 23.2 Å². The van der Waals surface area contributed by atoms with E-state index in [0.29, 0.717) is 28.0 Å². The Kier molecular flexibility index (Phi) is 5.09. The zero-order valence-corrected chi connectivity index (χ0v) is 15.2. The molecule has 0 fully saturated rings. The molecule has 8 nitrogen and oxygen atoms in total. The lowest BCUT2D eigenvalue weighted by atomic mass is 10.2. The highest BCUT2D eigenvalue weighted by Crippen LogP contribution is 2.25. The van der Waals surface area contributed by atoms with Crippen LogP contribution in [0.3, 0.4) is 0 Å². The highest BCUT2D eigenvalue weighted by molar-refractivity contribution is 6.31. The fraction of sp³-hybridized carbons (Fsp3) is 0.111. The lowest BCUT2D eigenvalue weighted by Gasteiger charge is -2.11. The van der Waals surface area contributed by atoms with Crippen molar-refractivity contribution in [1.29, 1.82) is 0 Å². The summed E-state index contributed by atoms with van der Waals surface area (Å²) in [5.74, 6) is 0.376. The largest absolute Gasteiger partial charge is 0.496 e. The monoisotopic (exact) mass is 386 g/mol. The van der Waals surface area contributed by atoms with Crippen LogP contribution in [0.25, 0.3) is 5.69 Å². The molecule has 9 heteroatoms. The quantitative estimate of drug-likeness (QED) is 0.527. The van der Waals surface area contributed by atoms with Crippen LogP contribution < -0.4 is 10.1 Å². The van der Waals surface area contributed by atoms with Crippen LogP contribution in [0.4, 0.5) is 11.5 Å². The third kappa shape index (κ3) is 3.90. The van der Waals surface area contributed by atoms with Crippen LogP contribution in [0, 0.1) is 17.0 Å². The van der Waals surface area contributed by atoms with E-state index in [-0.39, 0.29) is 11.3 Å². The van der Waals surface area contributed by atoms with Crippen molar-refractivity contribution in [3.8, 4) is 11.4 Å². The maximum absolute atomic E-state index is 12.7. The van der Waals surface area contributed by atoms with E-state index in [0.717, 1.165) is 0 Å². The Morgan fingerprint density at radius 2 is 1.93 bits per heavy atom. The van der Waals surface area contributed by atoms with Gasteiger partial charge >= 0.3 is 0 Å². The SMILES string of the molecule is COc1ccc(Cl)cc1C(=O)Nc1cc(C)nn1-c1ccc([N+](=O)[O-])cc1. The molecular formula is C18H15ClN4O4. The molecule has 0 unspecified atom stereocenters. The van der Waals surface area contributed by atoms with Gasteiger partial charge < -0.3 is 10.1 Å². The van der Waals surface area contributed by atoms with E-state index in [4.69, 9.17) is 16.3 Å². The Labute approximate surface area is 159 Å². The Bertz CT molecular complexity index is 1010. The Morgan fingerprint density at radius 1 is 1.22 bits per heavy atom. The standard InChI is InChI=1S/C18H15ClN4O4/c1-11-9-17(20-18(24)15-10-12(19)3-8-16(15)27-2)22(21-11)13-4-6-14(7-5-13)23(25)26/h3-10H,1-2H3,(H,20,24). The van der Waals surface area contributed by atoms with E-state index in [1.165, 1.54) is 30.0 Å². The van der Waals surface area contributed by atoms with Gasteiger partial charge in [-0.3, -0.25) is 14.9 Å². The summed E-state index contributed by atoms with van der Waals surface area (Å²) in [6.45, 7) is 1.78. The first-order chi connectivity index (χ1) is 12.9. The number of benzene rings is 2. The van der Waals surface area contributed by atoms with Gasteiger partial charge in [-0.25, -0.2) is 4.68 Å². The Hall–Kier alpha value is -3.39. The predicted octanol–water partition coefficient (Wildman–Crippen LogP) is 4.00. The number of anilines is 1. The average molecular weight is 387 g/mol. The van der Waals surface area contributed by atoms with E-state index in [1.807, 2.05) is 0 Å². The van der Waals surface area contributed by atoms with E-state index in [9.17, 15) is 14.9 Å². The highest BCUT2D eigenvalue weighted by Gasteiger charge is 2.17. The van der Waals surface area contributed by atoms with Gasteiger partial charge in [0.2, 0.25) is 0 Å². The summed E-state index contributed by atoms with van der Waals surface area (Å²) in [4.78, 5) is 23.0. The second kappa shape index (κ2) is 7.46. The van der Waals surface area contributed by atoms with Gasteiger partial charge in [-0.1, -0.05) is 11.6 Å². The lowest BCUT2D eigenvalue weighted by molar-refractivity contribution is -0.384. The van der Waals surface area contributed by atoms with Crippen molar-refractivity contribution in [3.63, 3.8) is 0 Å². The number of nitro groups is 1. The normalized spacial score (nSPS) is 10.5. The van der Waals surface area contributed by atoms with Crippen LogP contribution in [0.1, 0.15) is 16.1 Å². The zero-order chi connectivity index (χ0) is 19.6. The summed E-state index contributed by atoms with van der Waals surface area (Å²) >= 11 is 5.98. The number of rotatable bonds is 5. The van der Waals surface area contributed by atoms with Crippen LogP contribution in [0.15, 0.2) is 48.5 Å². The zero-order valence-electron chi connectivity index (χ0n) is 14.5. The predicted molar refractivity (Wildman–Crippen MR) is 101 cm³/mol. The molecular weight excluding hydrogens is 372 g/mol. The molecule has 0 aliphatic heterocycles. The summed E-state index contributed by atoms with van der Waals surface area (Å²) in [5, 5.41) is 18.3. The van der Waals surface area contributed by atoms with Crippen molar-refractivity contribution >= 4 is 29.0 Å². The molecule has 27 heavy (non-hydrogen) atoms. The smallest absolute Gasteiger partial charge is 0.269 e. The fourth-order valence-corrected chi connectivity index (χ4v) is 2.71. The molecule has 0 spiro atoms. The molecule has 0 aliphatic carbocycles. The minimum atomic E-state index is -0.480. The van der Waals surface area contributed by atoms with E-state index in [2.05, 4.69) is 10.4 Å². The van der Waals surface area contributed by atoms with Crippen LogP contribution in [-0.4, -0.2) is 27.7 Å². The van der Waals surface area contributed by atoms with Gasteiger partial charge in [0.15, 0.2) is 0 Å². The molecule has 2 aromatic carbocycles. The average Bonchev–Trinajstić information content (AvgIpc) is 3.01. The number of methoxy groups -OCH3 is 1. The maximum Gasteiger partial charge on any atom is 0.269 e. The second-order valence-corrected chi connectivity index (χ2v) is 6.09. The number of aryl methyl sites for hydroxylation is 1. The molecule has 0 saturated heterocycles. The lowest BCUT2D eigenvalue weighted by Crippen LogP contribution is -2.16. The summed E-state index contributed by atoms with van der Waals surface area (Å²) in [5.41, 5.74) is 1.49. The number of non-ortho nitro benzene ring substituents is 1. The van der Waals surface area contributed by atoms with Crippen molar-refractivity contribution in [2.75, 3.05) is 12.4 Å². The number of nitrogens with zero attached hydrogens (tertiary/aromatic N) is 3. The first kappa shape index (κ1) is 18.4.